The van der Waals surface area contributed by atoms with Crippen LogP contribution in [0.4, 0.5) is 10.1 Å². The lowest BCUT2D eigenvalue weighted by molar-refractivity contribution is 0.312. The highest BCUT2D eigenvalue weighted by Crippen LogP contribution is 2.43. The second-order valence-corrected chi connectivity index (χ2v) is 11.1. The second-order valence-electron chi connectivity index (χ2n) is 10.7. The third-order valence-electron chi connectivity index (χ3n) is 7.68. The number of phenolic OH excluding ortho intramolecular Hbond substituents is 1. The van der Waals surface area contributed by atoms with Crippen LogP contribution in [0.3, 0.4) is 0 Å². The molecular weight excluding hydrogens is 491 g/mol. The summed E-state index contributed by atoms with van der Waals surface area (Å²) in [5, 5.41) is 11.6. The number of aromatic hydroxyl groups is 1. The van der Waals surface area contributed by atoms with Gasteiger partial charge >= 0.3 is 5.69 Å². The summed E-state index contributed by atoms with van der Waals surface area (Å²) in [7, 11) is 1.66. The Labute approximate surface area is 220 Å². The van der Waals surface area contributed by atoms with Crippen LogP contribution in [0.25, 0.3) is 27.9 Å². The van der Waals surface area contributed by atoms with Crippen molar-refractivity contribution in [3.05, 3.63) is 82.0 Å². The minimum absolute atomic E-state index is 0.0613. The Morgan fingerprint density at radius 2 is 1.78 bits per heavy atom. The first kappa shape index (κ1) is 25.1. The number of hydrogen-bond acceptors (Lipinski definition) is 4. The number of anilines is 1. The smallest absolute Gasteiger partial charge is 0.332 e. The number of aromatic nitrogens is 3. The molecule has 1 saturated heterocycles. The Kier molecular flexibility index (Phi) is 6.15. The van der Waals surface area contributed by atoms with Crippen LogP contribution < -0.4 is 10.6 Å². The molecule has 0 bridgehead atoms. The molecule has 0 radical (unpaired) electrons. The van der Waals surface area contributed by atoms with E-state index in [1.54, 1.807) is 43.8 Å². The van der Waals surface area contributed by atoms with Crippen LogP contribution >= 0.6 is 11.6 Å². The first-order chi connectivity index (χ1) is 17.5. The molecule has 5 rings (SSSR count). The fourth-order valence-corrected chi connectivity index (χ4v) is 5.29. The van der Waals surface area contributed by atoms with Gasteiger partial charge in [-0.1, -0.05) is 38.4 Å². The van der Waals surface area contributed by atoms with E-state index in [9.17, 15) is 14.3 Å². The zero-order valence-corrected chi connectivity index (χ0v) is 22.3. The van der Waals surface area contributed by atoms with Crippen molar-refractivity contribution >= 4 is 17.3 Å². The molecule has 1 fully saturated rings. The third-order valence-corrected chi connectivity index (χ3v) is 7.98. The number of nitrogens with zero attached hydrogens (tertiary/aromatic N) is 4. The van der Waals surface area contributed by atoms with Crippen LogP contribution in [-0.4, -0.2) is 32.3 Å². The summed E-state index contributed by atoms with van der Waals surface area (Å²) in [6.45, 7) is 10.6. The molecule has 3 heterocycles. The summed E-state index contributed by atoms with van der Waals surface area (Å²) in [5.41, 5.74) is 4.15. The molecule has 0 saturated carbocycles. The van der Waals surface area contributed by atoms with Crippen molar-refractivity contribution in [1.29, 1.82) is 0 Å². The van der Waals surface area contributed by atoms with Gasteiger partial charge in [0.1, 0.15) is 11.6 Å². The number of halogens is 2. The zero-order chi connectivity index (χ0) is 26.6. The van der Waals surface area contributed by atoms with Gasteiger partial charge in [-0.05, 0) is 54.2 Å². The van der Waals surface area contributed by atoms with Gasteiger partial charge in [-0.3, -0.25) is 9.55 Å². The van der Waals surface area contributed by atoms with Crippen molar-refractivity contribution in [3.63, 3.8) is 0 Å². The van der Waals surface area contributed by atoms with Crippen LogP contribution in [0.15, 0.2) is 59.8 Å². The van der Waals surface area contributed by atoms with Gasteiger partial charge in [-0.2, -0.15) is 0 Å². The normalized spacial score (nSPS) is 16.9. The lowest BCUT2D eigenvalue weighted by Crippen LogP contribution is -2.24. The van der Waals surface area contributed by atoms with Crippen molar-refractivity contribution in [1.82, 2.24) is 14.1 Å². The molecule has 8 heteroatoms. The van der Waals surface area contributed by atoms with Gasteiger partial charge in [0.15, 0.2) is 0 Å². The van der Waals surface area contributed by atoms with Gasteiger partial charge in [0.25, 0.3) is 0 Å². The maximum atomic E-state index is 14.9. The number of phenols is 1. The van der Waals surface area contributed by atoms with Crippen molar-refractivity contribution in [2.45, 2.75) is 27.7 Å². The monoisotopic (exact) mass is 520 g/mol. The van der Waals surface area contributed by atoms with Crippen molar-refractivity contribution in [2.75, 3.05) is 18.0 Å². The summed E-state index contributed by atoms with van der Waals surface area (Å²) in [5.74, 6) is -0.0293. The molecule has 0 spiro atoms. The molecule has 1 N–H and O–H groups in total. The SMILES string of the molecule is Cc1ncc(-c2cc(F)cc(-c3ccc(-n4ccn(C)c4=O)c(Cl)c3)c2O)cc1N1C[C@H](C)C(C)(C)C1. The van der Waals surface area contributed by atoms with Gasteiger partial charge < -0.3 is 14.6 Å². The Balaban J connectivity index is 1.56. The van der Waals surface area contributed by atoms with Crippen molar-refractivity contribution in [2.24, 2.45) is 18.4 Å². The molecule has 6 nitrogen and oxygen atoms in total. The van der Waals surface area contributed by atoms with E-state index in [0.717, 1.165) is 24.5 Å². The van der Waals surface area contributed by atoms with E-state index < -0.39 is 5.82 Å². The first-order valence-corrected chi connectivity index (χ1v) is 12.6. The first-order valence-electron chi connectivity index (χ1n) is 12.2. The highest BCUT2D eigenvalue weighted by atomic mass is 35.5. The Bertz CT molecular complexity index is 1570. The predicted molar refractivity (Wildman–Crippen MR) is 146 cm³/mol. The molecule has 0 amide bonds. The maximum Gasteiger partial charge on any atom is 0.332 e. The lowest BCUT2D eigenvalue weighted by Gasteiger charge is -2.24. The van der Waals surface area contributed by atoms with E-state index in [-0.39, 0.29) is 16.9 Å². The fourth-order valence-electron chi connectivity index (χ4n) is 5.02. The molecule has 2 aromatic heterocycles. The van der Waals surface area contributed by atoms with Crippen LogP contribution in [0, 0.1) is 24.1 Å². The summed E-state index contributed by atoms with van der Waals surface area (Å²) >= 11 is 6.53. The standard InChI is InChI=1S/C29H30ClFN4O2/c1-17-15-34(16-29(17,3)4)26-11-20(14-32-18(26)2)23-13-21(31)12-22(27(23)36)19-6-7-25(24(30)10-19)35-9-8-33(5)28(35)37/h6-14,17,36H,15-16H2,1-5H3/t17-/m0/s1. The van der Waals surface area contributed by atoms with E-state index in [4.69, 9.17) is 11.6 Å². The van der Waals surface area contributed by atoms with Gasteiger partial charge in [-0.15, -0.1) is 0 Å². The van der Waals surface area contributed by atoms with Crippen molar-refractivity contribution in [3.8, 4) is 33.7 Å². The van der Waals surface area contributed by atoms with Gasteiger partial charge in [0, 0.05) is 55.4 Å². The molecule has 2 aromatic carbocycles. The molecule has 37 heavy (non-hydrogen) atoms. The third kappa shape index (κ3) is 4.42. The van der Waals surface area contributed by atoms with Crippen LogP contribution in [0.1, 0.15) is 26.5 Å². The molecule has 1 atom stereocenters. The molecule has 0 unspecified atom stereocenters. The molecular formula is C29H30ClFN4O2. The number of hydrogen-bond donors (Lipinski definition) is 1. The second kappa shape index (κ2) is 9.06. The number of aryl methyl sites for hydroxylation is 2. The average Bonchev–Trinajstić information content (AvgIpc) is 3.32. The summed E-state index contributed by atoms with van der Waals surface area (Å²) in [4.78, 5) is 19.2. The Hall–Kier alpha value is -3.58. The highest BCUT2D eigenvalue weighted by molar-refractivity contribution is 6.32. The Morgan fingerprint density at radius 1 is 1.08 bits per heavy atom. The maximum absolute atomic E-state index is 14.9. The highest BCUT2D eigenvalue weighted by Gasteiger charge is 2.37. The molecule has 1 aliphatic heterocycles. The Morgan fingerprint density at radius 3 is 2.38 bits per heavy atom. The molecule has 4 aromatic rings. The number of imidazole rings is 1. The lowest BCUT2D eigenvalue weighted by atomic mass is 9.84. The zero-order valence-electron chi connectivity index (χ0n) is 21.6. The van der Waals surface area contributed by atoms with Gasteiger partial charge in [0.2, 0.25) is 0 Å². The minimum atomic E-state index is -0.486. The molecule has 192 valence electrons. The fraction of sp³-hybridized carbons (Fsp3) is 0.310. The summed E-state index contributed by atoms with van der Waals surface area (Å²) < 4.78 is 17.8. The molecule has 1 aliphatic rings. The largest absolute Gasteiger partial charge is 0.507 e. The van der Waals surface area contributed by atoms with Gasteiger partial charge in [0.05, 0.1) is 22.1 Å². The van der Waals surface area contributed by atoms with Crippen LogP contribution in [0.2, 0.25) is 5.02 Å². The van der Waals surface area contributed by atoms with Gasteiger partial charge in [-0.25, -0.2) is 9.18 Å². The van der Waals surface area contributed by atoms with Crippen LogP contribution in [0.5, 0.6) is 5.75 Å². The topological polar surface area (TPSA) is 63.3 Å². The predicted octanol–water partition coefficient (Wildman–Crippen LogP) is 6.19. The number of pyridine rings is 1. The molecule has 0 aliphatic carbocycles. The average molecular weight is 521 g/mol. The number of benzene rings is 2. The van der Waals surface area contributed by atoms with Crippen molar-refractivity contribution < 1.29 is 9.50 Å². The van der Waals surface area contributed by atoms with E-state index in [0.29, 0.717) is 38.9 Å². The number of rotatable bonds is 4. The van der Waals surface area contributed by atoms with E-state index in [2.05, 4.69) is 30.7 Å². The minimum Gasteiger partial charge on any atom is -0.507 e. The summed E-state index contributed by atoms with van der Waals surface area (Å²) in [6, 6.07) is 9.61. The van der Waals surface area contributed by atoms with E-state index in [1.807, 2.05) is 13.0 Å². The summed E-state index contributed by atoms with van der Waals surface area (Å²) in [6.07, 6.45) is 4.94. The van der Waals surface area contributed by atoms with E-state index in [1.165, 1.54) is 21.3 Å². The quantitative estimate of drug-likeness (QED) is 0.348. The van der Waals surface area contributed by atoms with E-state index >= 15 is 0 Å². The van der Waals surface area contributed by atoms with Crippen LogP contribution in [-0.2, 0) is 7.05 Å².